The maximum Gasteiger partial charge on any atom is 0.263 e. The zero-order valence-corrected chi connectivity index (χ0v) is 12.3. The number of aromatic nitrogens is 2. The smallest absolute Gasteiger partial charge is 0.263 e. The Morgan fingerprint density at radius 3 is 2.79 bits per heavy atom. The second kappa shape index (κ2) is 5.83. The second-order valence-electron chi connectivity index (χ2n) is 3.63. The van der Waals surface area contributed by atoms with E-state index in [1.807, 2.05) is 0 Å². The molecule has 1 aromatic carbocycles. The van der Waals surface area contributed by atoms with E-state index >= 15 is 0 Å². The van der Waals surface area contributed by atoms with Crippen LogP contribution < -0.4 is 10.0 Å². The van der Waals surface area contributed by atoms with E-state index < -0.39 is 10.0 Å². The number of hydrogen-bond donors (Lipinski definition) is 2. The molecule has 0 atom stereocenters. The van der Waals surface area contributed by atoms with E-state index in [-0.39, 0.29) is 10.0 Å². The summed E-state index contributed by atoms with van der Waals surface area (Å²) >= 11 is 7.14. The summed E-state index contributed by atoms with van der Waals surface area (Å²) in [5.74, 6) is 0. The van der Waals surface area contributed by atoms with Crippen LogP contribution in [-0.2, 0) is 16.6 Å². The lowest BCUT2D eigenvalue weighted by molar-refractivity contribution is 0.601. The summed E-state index contributed by atoms with van der Waals surface area (Å²) in [7, 11) is -1.89. The van der Waals surface area contributed by atoms with Crippen molar-refractivity contribution < 1.29 is 8.42 Å². The third-order valence-corrected chi connectivity index (χ3v) is 4.71. The van der Waals surface area contributed by atoms with Crippen LogP contribution in [0.1, 0.15) is 5.56 Å². The lowest BCUT2D eigenvalue weighted by Crippen LogP contribution is -2.13. The van der Waals surface area contributed by atoms with Gasteiger partial charge in [-0.25, -0.2) is 8.42 Å². The van der Waals surface area contributed by atoms with Crippen LogP contribution in [-0.4, -0.2) is 25.7 Å². The molecular weight excluding hydrogens is 308 g/mol. The van der Waals surface area contributed by atoms with Gasteiger partial charge in [0.15, 0.2) is 0 Å². The molecule has 0 aliphatic rings. The van der Waals surface area contributed by atoms with Crippen molar-refractivity contribution in [1.29, 1.82) is 0 Å². The predicted octanol–water partition coefficient (Wildman–Crippen LogP) is 1.71. The third-order valence-electron chi connectivity index (χ3n) is 2.28. The molecule has 0 unspecified atom stereocenters. The van der Waals surface area contributed by atoms with Crippen molar-refractivity contribution in [2.75, 3.05) is 11.8 Å². The van der Waals surface area contributed by atoms with Crippen molar-refractivity contribution >= 4 is 38.1 Å². The molecule has 0 spiro atoms. The van der Waals surface area contributed by atoms with Gasteiger partial charge in [0.25, 0.3) is 10.0 Å². The predicted molar refractivity (Wildman–Crippen MR) is 74.9 cm³/mol. The molecule has 0 fully saturated rings. The average Bonchev–Trinajstić information content (AvgIpc) is 2.84. The molecule has 0 bridgehead atoms. The van der Waals surface area contributed by atoms with Crippen LogP contribution in [0.25, 0.3) is 0 Å². The molecule has 1 aromatic heterocycles. The van der Waals surface area contributed by atoms with Gasteiger partial charge in [-0.05, 0) is 24.7 Å². The highest BCUT2D eigenvalue weighted by molar-refractivity contribution is 7.93. The number of benzene rings is 1. The Labute approximate surface area is 119 Å². The molecule has 2 N–H and O–H groups in total. The summed E-state index contributed by atoms with van der Waals surface area (Å²) in [5, 5.41) is 10.8. The minimum Gasteiger partial charge on any atom is -0.316 e. The Kier molecular flexibility index (Phi) is 4.35. The topological polar surface area (TPSA) is 84.0 Å². The molecule has 0 radical (unpaired) electrons. The molecule has 0 saturated carbocycles. The van der Waals surface area contributed by atoms with Crippen LogP contribution in [0.15, 0.2) is 28.6 Å². The van der Waals surface area contributed by atoms with Gasteiger partial charge in [0.05, 0.1) is 4.90 Å². The molecule has 1 heterocycles. The summed E-state index contributed by atoms with van der Waals surface area (Å²) in [6, 6.07) is 4.59. The maximum absolute atomic E-state index is 12.1. The van der Waals surface area contributed by atoms with Crippen molar-refractivity contribution in [3.8, 4) is 0 Å². The minimum atomic E-state index is -3.68. The molecule has 6 nitrogen and oxygen atoms in total. The van der Waals surface area contributed by atoms with Gasteiger partial charge in [-0.15, -0.1) is 10.2 Å². The van der Waals surface area contributed by atoms with Crippen molar-refractivity contribution in [2.24, 2.45) is 0 Å². The van der Waals surface area contributed by atoms with Crippen LogP contribution in [0.5, 0.6) is 0 Å². The Balaban J connectivity index is 2.28. The molecule has 2 aromatic rings. The van der Waals surface area contributed by atoms with Crippen LogP contribution >= 0.6 is 22.9 Å². The highest BCUT2D eigenvalue weighted by Crippen LogP contribution is 2.23. The van der Waals surface area contributed by atoms with Crippen LogP contribution in [0.3, 0.4) is 0 Å². The molecule has 0 saturated heterocycles. The minimum absolute atomic E-state index is 0.0903. The number of rotatable bonds is 5. The number of nitrogens with one attached hydrogen (secondary N) is 2. The summed E-state index contributed by atoms with van der Waals surface area (Å²) in [4.78, 5) is 0.0903. The second-order valence-corrected chi connectivity index (χ2v) is 6.56. The van der Waals surface area contributed by atoms with Gasteiger partial charge in [-0.1, -0.05) is 29.0 Å². The molecule has 9 heteroatoms. The van der Waals surface area contributed by atoms with E-state index in [0.717, 1.165) is 16.9 Å². The number of nitrogens with zero attached hydrogens (tertiary/aromatic N) is 2. The molecule has 102 valence electrons. The Morgan fingerprint density at radius 2 is 2.21 bits per heavy atom. The number of hydrogen-bond acceptors (Lipinski definition) is 6. The summed E-state index contributed by atoms with van der Waals surface area (Å²) < 4.78 is 26.5. The van der Waals surface area contributed by atoms with Gasteiger partial charge >= 0.3 is 0 Å². The summed E-state index contributed by atoms with van der Waals surface area (Å²) in [6.07, 6.45) is 0. The first-order chi connectivity index (χ1) is 9.03. The number of halogens is 1. The van der Waals surface area contributed by atoms with Gasteiger partial charge in [-0.3, -0.25) is 4.72 Å². The van der Waals surface area contributed by atoms with Gasteiger partial charge in [-0.2, -0.15) is 0 Å². The maximum atomic E-state index is 12.1. The highest BCUT2D eigenvalue weighted by atomic mass is 35.5. The quantitative estimate of drug-likeness (QED) is 0.877. The first-order valence-corrected chi connectivity index (χ1v) is 7.99. The number of sulfonamides is 1. The van der Waals surface area contributed by atoms with Crippen molar-refractivity contribution in [2.45, 2.75) is 11.4 Å². The first-order valence-electron chi connectivity index (χ1n) is 5.25. The molecule has 0 aliphatic heterocycles. The fourth-order valence-corrected chi connectivity index (χ4v) is 3.45. The van der Waals surface area contributed by atoms with E-state index in [1.165, 1.54) is 17.6 Å². The zero-order valence-electron chi connectivity index (χ0n) is 9.92. The number of anilines is 1. The van der Waals surface area contributed by atoms with Gasteiger partial charge in [0, 0.05) is 11.6 Å². The Bertz CT molecular complexity index is 658. The van der Waals surface area contributed by atoms with Gasteiger partial charge < -0.3 is 5.32 Å². The fraction of sp³-hybridized carbons (Fsp3) is 0.200. The van der Waals surface area contributed by atoms with E-state index in [0.29, 0.717) is 11.6 Å². The highest BCUT2D eigenvalue weighted by Gasteiger charge is 2.17. The normalized spacial score (nSPS) is 11.5. The van der Waals surface area contributed by atoms with E-state index in [9.17, 15) is 8.42 Å². The SMILES string of the molecule is CNCc1ccc(S(=O)(=O)Nc2nncs2)cc1Cl. The van der Waals surface area contributed by atoms with Crippen molar-refractivity contribution in [3.63, 3.8) is 0 Å². The third kappa shape index (κ3) is 3.41. The fourth-order valence-electron chi connectivity index (χ4n) is 1.42. The van der Waals surface area contributed by atoms with E-state index in [4.69, 9.17) is 11.6 Å². The molecular formula is C10H11ClN4O2S2. The van der Waals surface area contributed by atoms with Crippen LogP contribution in [0.2, 0.25) is 5.02 Å². The van der Waals surface area contributed by atoms with E-state index in [1.54, 1.807) is 13.1 Å². The summed E-state index contributed by atoms with van der Waals surface area (Å²) in [6.45, 7) is 0.572. The molecule has 2 rings (SSSR count). The summed E-state index contributed by atoms with van der Waals surface area (Å²) in [5.41, 5.74) is 2.28. The van der Waals surface area contributed by atoms with Crippen LogP contribution in [0.4, 0.5) is 5.13 Å². The van der Waals surface area contributed by atoms with Crippen molar-refractivity contribution in [1.82, 2.24) is 15.5 Å². The Morgan fingerprint density at radius 1 is 1.42 bits per heavy atom. The lowest BCUT2D eigenvalue weighted by atomic mass is 10.2. The largest absolute Gasteiger partial charge is 0.316 e. The average molecular weight is 319 g/mol. The van der Waals surface area contributed by atoms with Gasteiger partial charge in [0.1, 0.15) is 5.51 Å². The molecule has 0 aliphatic carbocycles. The lowest BCUT2D eigenvalue weighted by Gasteiger charge is -2.08. The zero-order chi connectivity index (χ0) is 13.9. The van der Waals surface area contributed by atoms with E-state index in [2.05, 4.69) is 20.2 Å². The first kappa shape index (κ1) is 14.2. The molecule has 19 heavy (non-hydrogen) atoms. The van der Waals surface area contributed by atoms with Gasteiger partial charge in [0.2, 0.25) is 5.13 Å². The van der Waals surface area contributed by atoms with Crippen LogP contribution in [0, 0.1) is 0 Å². The standard InChI is InChI=1S/C10H11ClN4O2S2/c1-12-5-7-2-3-8(4-9(7)11)19(16,17)15-10-14-13-6-18-10/h2-4,6,12H,5H2,1H3,(H,14,15). The van der Waals surface area contributed by atoms with Crippen molar-refractivity contribution in [3.05, 3.63) is 34.3 Å². The monoisotopic (exact) mass is 318 g/mol. The Hall–Kier alpha value is -1.22. The molecule has 0 amide bonds.